The lowest BCUT2D eigenvalue weighted by atomic mass is 10.1. The fourth-order valence-electron chi connectivity index (χ4n) is 1.22. The molecule has 1 rings (SSSR count). The smallest absolute Gasteiger partial charge is 0.311 e. The van der Waals surface area contributed by atoms with Crippen LogP contribution in [0.25, 0.3) is 0 Å². The van der Waals surface area contributed by atoms with Crippen molar-refractivity contribution in [1.29, 1.82) is 0 Å². The van der Waals surface area contributed by atoms with Crippen LogP contribution in [-0.4, -0.2) is 11.1 Å². The second-order valence-corrected chi connectivity index (χ2v) is 3.47. The highest BCUT2D eigenvalue weighted by Gasteiger charge is 2.05. The fourth-order valence-corrected chi connectivity index (χ4v) is 1.22. The summed E-state index contributed by atoms with van der Waals surface area (Å²) in [5.41, 5.74) is 0.747. The third-order valence-electron chi connectivity index (χ3n) is 2.03. The molecule has 0 aliphatic heterocycles. The Balaban J connectivity index is 2.69. The van der Waals surface area contributed by atoms with E-state index >= 15 is 0 Å². The normalized spacial score (nSPS) is 12.2. The molecule has 0 radical (unpaired) electrons. The van der Waals surface area contributed by atoms with Gasteiger partial charge in [-0.15, -0.1) is 0 Å². The third kappa shape index (κ3) is 3.72. The minimum Gasteiger partial charge on any atom is -0.427 e. The molecule has 1 aromatic rings. The highest BCUT2D eigenvalue weighted by Crippen LogP contribution is 2.19. The molecule has 1 N–H and O–H groups in total. The highest BCUT2D eigenvalue weighted by molar-refractivity contribution is 5.72. The van der Waals surface area contributed by atoms with Gasteiger partial charge in [-0.2, -0.15) is 0 Å². The summed E-state index contributed by atoms with van der Waals surface area (Å²) >= 11 is 0. The van der Waals surface area contributed by atoms with Gasteiger partial charge in [0.25, 0.3) is 0 Å². The Labute approximate surface area is 89.7 Å². The Morgan fingerprint density at radius 1 is 1.53 bits per heavy atom. The summed E-state index contributed by atoms with van der Waals surface area (Å²) in [4.78, 5) is 11.2. The van der Waals surface area contributed by atoms with Crippen LogP contribution in [0.1, 0.15) is 38.4 Å². The monoisotopic (exact) mass is 208 g/mol. The molecule has 0 saturated heterocycles. The van der Waals surface area contributed by atoms with Crippen LogP contribution in [-0.2, 0) is 4.79 Å². The van der Waals surface area contributed by atoms with Gasteiger partial charge in [-0.3, -0.25) is 4.79 Å². The number of aliphatic hydroxyl groups excluding tert-OH is 1. The van der Waals surface area contributed by atoms with Gasteiger partial charge >= 0.3 is 5.97 Å². The van der Waals surface area contributed by atoms with Crippen LogP contribution in [0.5, 0.6) is 5.75 Å². The Kier molecular flexibility index (Phi) is 4.31. The highest BCUT2D eigenvalue weighted by atomic mass is 16.5. The summed E-state index contributed by atoms with van der Waals surface area (Å²) in [7, 11) is 0. The lowest BCUT2D eigenvalue weighted by molar-refractivity contribution is -0.134. The summed E-state index contributed by atoms with van der Waals surface area (Å²) in [5, 5.41) is 9.35. The van der Waals surface area contributed by atoms with Crippen LogP contribution < -0.4 is 4.74 Å². The van der Waals surface area contributed by atoms with E-state index in [4.69, 9.17) is 4.74 Å². The number of carbonyl (C=O) groups excluding carboxylic acids is 1. The average Bonchev–Trinajstić information content (AvgIpc) is 2.18. The zero-order valence-corrected chi connectivity index (χ0v) is 9.06. The van der Waals surface area contributed by atoms with Gasteiger partial charge in [-0.25, -0.2) is 0 Å². The maximum atomic E-state index is 11.2. The van der Waals surface area contributed by atoms with Crippen molar-refractivity contribution in [2.45, 2.75) is 32.8 Å². The van der Waals surface area contributed by atoms with Gasteiger partial charge in [0.1, 0.15) is 5.75 Å². The number of ether oxygens (including phenoxy) is 1. The molecule has 0 aromatic heterocycles. The minimum absolute atomic E-state index is 0.236. The topological polar surface area (TPSA) is 46.5 Å². The number of carbonyl (C=O) groups is 1. The number of rotatable bonds is 4. The maximum Gasteiger partial charge on any atom is 0.311 e. The zero-order chi connectivity index (χ0) is 11.3. The number of benzene rings is 1. The van der Waals surface area contributed by atoms with E-state index in [-0.39, 0.29) is 5.97 Å². The van der Waals surface area contributed by atoms with Crippen molar-refractivity contribution < 1.29 is 14.6 Å². The lowest BCUT2D eigenvalue weighted by Gasteiger charge is -2.07. The molecule has 1 aromatic carbocycles. The molecule has 0 aliphatic carbocycles. The molecule has 0 aliphatic rings. The fraction of sp³-hybridized carbons (Fsp3) is 0.417. The number of hydrogen-bond donors (Lipinski definition) is 1. The molecule has 3 heteroatoms. The molecule has 0 fully saturated rings. The summed E-state index contributed by atoms with van der Waals surface area (Å²) in [6.45, 7) is 3.60. The van der Waals surface area contributed by atoms with Crippen molar-refractivity contribution in [3.05, 3.63) is 29.8 Å². The summed E-state index contributed by atoms with van der Waals surface area (Å²) in [6.07, 6.45) is 0.642. The lowest BCUT2D eigenvalue weighted by Crippen LogP contribution is -2.07. The molecular weight excluding hydrogens is 192 g/mol. The van der Waals surface area contributed by atoms with Gasteiger partial charge in [0.2, 0.25) is 0 Å². The van der Waals surface area contributed by atoms with Gasteiger partial charge in [0.15, 0.2) is 0 Å². The molecule has 0 saturated carbocycles. The molecular formula is C12H16O3. The van der Waals surface area contributed by atoms with E-state index in [9.17, 15) is 9.90 Å². The van der Waals surface area contributed by atoms with Crippen molar-refractivity contribution in [2.75, 3.05) is 0 Å². The van der Waals surface area contributed by atoms with Crippen molar-refractivity contribution >= 4 is 5.97 Å². The Bertz CT molecular complexity index is 331. The van der Waals surface area contributed by atoms with Crippen LogP contribution in [0, 0.1) is 0 Å². The first kappa shape index (κ1) is 11.7. The molecule has 0 heterocycles. The maximum absolute atomic E-state index is 11.2. The van der Waals surface area contributed by atoms with E-state index in [1.54, 1.807) is 31.2 Å². The van der Waals surface area contributed by atoms with Gasteiger partial charge < -0.3 is 9.84 Å². The Morgan fingerprint density at radius 3 is 2.87 bits per heavy atom. The Morgan fingerprint density at radius 2 is 2.27 bits per heavy atom. The van der Waals surface area contributed by atoms with Gasteiger partial charge in [-0.05, 0) is 31.0 Å². The first-order valence-electron chi connectivity index (χ1n) is 5.12. The SMILES string of the molecule is CCCC(=O)Oc1cccc(C(C)O)c1. The molecule has 15 heavy (non-hydrogen) atoms. The molecule has 1 unspecified atom stereocenters. The van der Waals surface area contributed by atoms with Crippen LogP contribution in [0.2, 0.25) is 0 Å². The van der Waals surface area contributed by atoms with Gasteiger partial charge in [-0.1, -0.05) is 19.1 Å². The second-order valence-electron chi connectivity index (χ2n) is 3.47. The molecule has 82 valence electrons. The minimum atomic E-state index is -0.546. The predicted octanol–water partition coefficient (Wildman–Crippen LogP) is 2.45. The number of esters is 1. The summed E-state index contributed by atoms with van der Waals surface area (Å²) < 4.78 is 5.10. The van der Waals surface area contributed by atoms with E-state index in [0.29, 0.717) is 12.2 Å². The average molecular weight is 208 g/mol. The quantitative estimate of drug-likeness (QED) is 0.610. The predicted molar refractivity (Wildman–Crippen MR) is 57.6 cm³/mol. The zero-order valence-electron chi connectivity index (χ0n) is 9.06. The summed E-state index contributed by atoms with van der Waals surface area (Å²) in [5.74, 6) is 0.257. The van der Waals surface area contributed by atoms with E-state index in [2.05, 4.69) is 0 Å². The largest absolute Gasteiger partial charge is 0.427 e. The molecule has 0 amide bonds. The first-order valence-corrected chi connectivity index (χ1v) is 5.12. The second kappa shape index (κ2) is 5.51. The van der Waals surface area contributed by atoms with Crippen molar-refractivity contribution in [3.8, 4) is 5.75 Å². The van der Waals surface area contributed by atoms with Crippen LogP contribution in [0.3, 0.4) is 0 Å². The van der Waals surface area contributed by atoms with Crippen molar-refractivity contribution in [2.24, 2.45) is 0 Å². The molecule has 0 spiro atoms. The van der Waals surface area contributed by atoms with E-state index < -0.39 is 6.10 Å². The summed E-state index contributed by atoms with van der Waals surface area (Å²) in [6, 6.07) is 6.94. The number of hydrogen-bond acceptors (Lipinski definition) is 3. The standard InChI is InChI=1S/C12H16O3/c1-3-5-12(14)15-11-7-4-6-10(8-11)9(2)13/h4,6-9,13H,3,5H2,1-2H3. The molecule has 0 bridgehead atoms. The van der Waals surface area contributed by atoms with Crippen LogP contribution in [0.4, 0.5) is 0 Å². The molecule has 1 atom stereocenters. The van der Waals surface area contributed by atoms with Crippen LogP contribution >= 0.6 is 0 Å². The number of aliphatic hydroxyl groups is 1. The van der Waals surface area contributed by atoms with Crippen LogP contribution in [0.15, 0.2) is 24.3 Å². The van der Waals surface area contributed by atoms with Gasteiger partial charge in [0.05, 0.1) is 6.10 Å². The first-order chi connectivity index (χ1) is 7.13. The molecule has 3 nitrogen and oxygen atoms in total. The van der Waals surface area contributed by atoms with Crippen molar-refractivity contribution in [3.63, 3.8) is 0 Å². The van der Waals surface area contributed by atoms with Gasteiger partial charge in [0, 0.05) is 6.42 Å². The van der Waals surface area contributed by atoms with E-state index in [1.165, 1.54) is 0 Å². The van der Waals surface area contributed by atoms with E-state index in [1.807, 2.05) is 6.92 Å². The third-order valence-corrected chi connectivity index (χ3v) is 2.03. The van der Waals surface area contributed by atoms with Crippen molar-refractivity contribution in [1.82, 2.24) is 0 Å². The van der Waals surface area contributed by atoms with E-state index in [0.717, 1.165) is 12.0 Å². The Hall–Kier alpha value is -1.35.